The number of nitrogens with one attached hydrogen (secondary N) is 1. The van der Waals surface area contributed by atoms with E-state index in [2.05, 4.69) is 17.5 Å². The number of hydrogen-bond donors (Lipinski definition) is 1. The summed E-state index contributed by atoms with van der Waals surface area (Å²) in [5.41, 5.74) is 3.36. The molecule has 1 aromatic carbocycles. The van der Waals surface area contributed by atoms with Crippen molar-refractivity contribution >= 4 is 6.08 Å². The van der Waals surface area contributed by atoms with Gasteiger partial charge in [-0.15, -0.1) is 0 Å². The van der Waals surface area contributed by atoms with Crippen LogP contribution in [0, 0.1) is 11.3 Å². The van der Waals surface area contributed by atoms with Crippen LogP contribution in [0.2, 0.25) is 0 Å². The quantitative estimate of drug-likeness (QED) is 0.751. The number of rotatable bonds is 1. The van der Waals surface area contributed by atoms with E-state index in [1.165, 1.54) is 24.0 Å². The molecule has 1 aromatic rings. The number of nitriles is 1. The third kappa shape index (κ3) is 2.68. The summed E-state index contributed by atoms with van der Waals surface area (Å²) >= 11 is 0. The second-order valence-electron chi connectivity index (χ2n) is 3.82. The van der Waals surface area contributed by atoms with Gasteiger partial charge in [-0.1, -0.05) is 23.8 Å². The Morgan fingerprint density at radius 2 is 2.07 bits per heavy atom. The van der Waals surface area contributed by atoms with Crippen LogP contribution in [0.3, 0.4) is 0 Å². The van der Waals surface area contributed by atoms with Gasteiger partial charge < -0.3 is 5.32 Å². The second kappa shape index (κ2) is 4.77. The van der Waals surface area contributed by atoms with Crippen molar-refractivity contribution < 1.29 is 0 Å². The Labute approximate surface area is 90.2 Å². The zero-order chi connectivity index (χ0) is 10.5. The lowest BCUT2D eigenvalue weighted by molar-refractivity contribution is 0.613. The van der Waals surface area contributed by atoms with E-state index in [1.54, 1.807) is 0 Å². The molecule has 0 unspecified atom stereocenters. The molecule has 1 saturated heterocycles. The number of benzene rings is 1. The van der Waals surface area contributed by atoms with Gasteiger partial charge in [-0.2, -0.15) is 5.26 Å². The van der Waals surface area contributed by atoms with Crippen LogP contribution in [0.1, 0.15) is 24.0 Å². The zero-order valence-corrected chi connectivity index (χ0v) is 8.66. The van der Waals surface area contributed by atoms with E-state index in [0.29, 0.717) is 0 Å². The van der Waals surface area contributed by atoms with Crippen molar-refractivity contribution in [1.29, 1.82) is 5.26 Å². The maximum Gasteiger partial charge on any atom is 0.0991 e. The molecule has 0 saturated carbocycles. The summed E-state index contributed by atoms with van der Waals surface area (Å²) in [6.45, 7) is 2.13. The number of nitrogens with zero attached hydrogens (tertiary/aromatic N) is 1. The molecule has 1 heterocycles. The highest BCUT2D eigenvalue weighted by Gasteiger charge is 2.03. The first-order valence-electron chi connectivity index (χ1n) is 5.29. The summed E-state index contributed by atoms with van der Waals surface area (Å²) in [5, 5.41) is 12.0. The van der Waals surface area contributed by atoms with Gasteiger partial charge in [-0.05, 0) is 37.1 Å². The van der Waals surface area contributed by atoms with E-state index in [0.717, 1.165) is 18.7 Å². The molecule has 2 heteroatoms. The van der Waals surface area contributed by atoms with Crippen molar-refractivity contribution in [3.8, 4) is 6.07 Å². The monoisotopic (exact) mass is 198 g/mol. The average Bonchev–Trinajstić information content (AvgIpc) is 2.31. The first-order chi connectivity index (χ1) is 7.38. The van der Waals surface area contributed by atoms with Gasteiger partial charge in [0.2, 0.25) is 0 Å². The van der Waals surface area contributed by atoms with Crippen molar-refractivity contribution in [3.63, 3.8) is 0 Å². The topological polar surface area (TPSA) is 35.8 Å². The van der Waals surface area contributed by atoms with Crippen molar-refractivity contribution in [2.75, 3.05) is 13.1 Å². The summed E-state index contributed by atoms with van der Waals surface area (Å²) in [6, 6.07) is 9.85. The molecule has 0 spiro atoms. The molecule has 15 heavy (non-hydrogen) atoms. The van der Waals surface area contributed by atoms with Crippen molar-refractivity contribution in [2.24, 2.45) is 0 Å². The average molecular weight is 198 g/mol. The lowest BCUT2D eigenvalue weighted by Crippen LogP contribution is -2.23. The highest BCUT2D eigenvalue weighted by molar-refractivity contribution is 5.54. The fraction of sp³-hybridized carbons (Fsp3) is 0.308. The molecular formula is C13H14N2. The molecule has 0 aliphatic carbocycles. The van der Waals surface area contributed by atoms with Gasteiger partial charge in [0.1, 0.15) is 0 Å². The number of hydrogen-bond acceptors (Lipinski definition) is 2. The van der Waals surface area contributed by atoms with Crippen LogP contribution in [-0.4, -0.2) is 13.1 Å². The van der Waals surface area contributed by atoms with Crippen LogP contribution in [0.4, 0.5) is 0 Å². The van der Waals surface area contributed by atoms with E-state index in [-0.39, 0.29) is 0 Å². The Bertz CT molecular complexity index is 388. The molecule has 1 aliphatic rings. The highest BCUT2D eigenvalue weighted by atomic mass is 14.9. The van der Waals surface area contributed by atoms with E-state index >= 15 is 0 Å². The van der Waals surface area contributed by atoms with Crippen molar-refractivity contribution in [1.82, 2.24) is 5.32 Å². The Balaban J connectivity index is 2.12. The molecule has 0 aromatic heterocycles. The molecular weight excluding hydrogens is 184 g/mol. The summed E-state index contributed by atoms with van der Waals surface area (Å²) in [4.78, 5) is 0. The molecule has 0 amide bonds. The van der Waals surface area contributed by atoms with Crippen LogP contribution in [-0.2, 0) is 0 Å². The van der Waals surface area contributed by atoms with Gasteiger partial charge in [0.25, 0.3) is 0 Å². The highest BCUT2D eigenvalue weighted by Crippen LogP contribution is 2.14. The fourth-order valence-corrected chi connectivity index (χ4v) is 1.79. The Hall–Kier alpha value is -1.59. The minimum atomic E-state index is 0.721. The molecule has 1 fully saturated rings. The molecule has 0 radical (unpaired) electrons. The van der Waals surface area contributed by atoms with Crippen molar-refractivity contribution in [2.45, 2.75) is 12.8 Å². The van der Waals surface area contributed by atoms with Crippen LogP contribution in [0.25, 0.3) is 6.08 Å². The van der Waals surface area contributed by atoms with Gasteiger partial charge in [-0.3, -0.25) is 0 Å². The van der Waals surface area contributed by atoms with Gasteiger partial charge >= 0.3 is 0 Å². The maximum absolute atomic E-state index is 8.67. The second-order valence-corrected chi connectivity index (χ2v) is 3.82. The normalized spacial score (nSPS) is 18.7. The lowest BCUT2D eigenvalue weighted by Gasteiger charge is -2.15. The predicted molar refractivity (Wildman–Crippen MR) is 61.2 cm³/mol. The molecule has 76 valence electrons. The fourth-order valence-electron chi connectivity index (χ4n) is 1.79. The molecule has 1 N–H and O–H groups in total. The predicted octanol–water partition coefficient (Wildman–Crippen LogP) is 2.33. The Morgan fingerprint density at radius 1 is 1.27 bits per heavy atom. The largest absolute Gasteiger partial charge is 0.313 e. The summed E-state index contributed by atoms with van der Waals surface area (Å²) in [5.74, 6) is 0. The van der Waals surface area contributed by atoms with Crippen LogP contribution in [0.5, 0.6) is 0 Å². The summed E-state index contributed by atoms with van der Waals surface area (Å²) in [6.07, 6.45) is 4.63. The van der Waals surface area contributed by atoms with Crippen molar-refractivity contribution in [3.05, 3.63) is 41.0 Å². The van der Waals surface area contributed by atoms with E-state index in [9.17, 15) is 0 Å². The molecule has 0 atom stereocenters. The first-order valence-corrected chi connectivity index (χ1v) is 5.29. The molecule has 1 aliphatic heterocycles. The summed E-state index contributed by atoms with van der Waals surface area (Å²) in [7, 11) is 0. The smallest absolute Gasteiger partial charge is 0.0991 e. The maximum atomic E-state index is 8.67. The Morgan fingerprint density at radius 3 is 2.67 bits per heavy atom. The van der Waals surface area contributed by atoms with Crippen LogP contribution in [0.15, 0.2) is 29.8 Å². The third-order valence-electron chi connectivity index (χ3n) is 2.61. The van der Waals surface area contributed by atoms with Gasteiger partial charge in [-0.25, -0.2) is 0 Å². The Kier molecular flexibility index (Phi) is 3.16. The first kappa shape index (κ1) is 9.95. The van der Waals surface area contributed by atoms with E-state index in [1.807, 2.05) is 24.3 Å². The van der Waals surface area contributed by atoms with E-state index < -0.39 is 0 Å². The van der Waals surface area contributed by atoms with Gasteiger partial charge in [0.05, 0.1) is 11.6 Å². The minimum Gasteiger partial charge on any atom is -0.313 e. The zero-order valence-electron chi connectivity index (χ0n) is 8.66. The number of piperidine rings is 1. The minimum absolute atomic E-state index is 0.721. The van der Waals surface area contributed by atoms with Gasteiger partial charge in [0, 0.05) is 6.54 Å². The third-order valence-corrected chi connectivity index (χ3v) is 2.61. The summed E-state index contributed by atoms with van der Waals surface area (Å²) < 4.78 is 0. The van der Waals surface area contributed by atoms with E-state index in [4.69, 9.17) is 5.26 Å². The lowest BCUT2D eigenvalue weighted by atomic mass is 10.0. The standard InChI is InChI=1S/C13H14N2/c14-9-12-5-3-11(4-6-12)8-13-2-1-7-15-10-13/h3-6,8,15H,1-2,7,10H2. The van der Waals surface area contributed by atoms with Crippen LogP contribution >= 0.6 is 0 Å². The SMILES string of the molecule is N#Cc1ccc(C=C2CCCNC2)cc1. The van der Waals surface area contributed by atoms with Crippen LogP contribution < -0.4 is 5.32 Å². The molecule has 2 rings (SSSR count). The van der Waals surface area contributed by atoms with Gasteiger partial charge in [0.15, 0.2) is 0 Å². The molecule has 0 bridgehead atoms. The molecule has 2 nitrogen and oxygen atoms in total.